The van der Waals surface area contributed by atoms with E-state index in [-0.39, 0.29) is 0 Å². The number of rotatable bonds is 5. The van der Waals surface area contributed by atoms with Gasteiger partial charge in [-0.2, -0.15) is 0 Å². The lowest BCUT2D eigenvalue weighted by Crippen LogP contribution is -2.58. The summed E-state index contributed by atoms with van der Waals surface area (Å²) < 4.78 is 0. The molecule has 3 fully saturated rings. The SMILES string of the molecule is CC(C)C(c1ccccc1)C1C(=NCc2ccccc2)C2CCN1CC2. The Morgan fingerprint density at radius 1 is 0.923 bits per heavy atom. The van der Waals surface area contributed by atoms with Crippen LogP contribution in [0.1, 0.15) is 43.7 Å². The molecule has 0 saturated carbocycles. The lowest BCUT2D eigenvalue weighted by molar-refractivity contribution is 0.117. The summed E-state index contributed by atoms with van der Waals surface area (Å²) >= 11 is 0. The molecule has 3 heterocycles. The molecular weight excluding hydrogens is 316 g/mol. The van der Waals surface area contributed by atoms with Gasteiger partial charge in [-0.15, -0.1) is 0 Å². The second-order valence-corrected chi connectivity index (χ2v) is 8.16. The topological polar surface area (TPSA) is 15.6 Å². The summed E-state index contributed by atoms with van der Waals surface area (Å²) in [6.07, 6.45) is 2.56. The van der Waals surface area contributed by atoms with Gasteiger partial charge in [0.2, 0.25) is 0 Å². The molecule has 5 rings (SSSR count). The zero-order chi connectivity index (χ0) is 17.9. The summed E-state index contributed by atoms with van der Waals surface area (Å²) in [7, 11) is 0. The van der Waals surface area contributed by atoms with Gasteiger partial charge in [-0.25, -0.2) is 0 Å². The quantitative estimate of drug-likeness (QED) is 0.730. The predicted octanol–water partition coefficient (Wildman–Crippen LogP) is 5.16. The van der Waals surface area contributed by atoms with E-state index >= 15 is 0 Å². The molecule has 2 unspecified atom stereocenters. The fraction of sp³-hybridized carbons (Fsp3) is 0.458. The zero-order valence-electron chi connectivity index (χ0n) is 16.0. The first-order chi connectivity index (χ1) is 12.7. The minimum absolute atomic E-state index is 0.466. The predicted molar refractivity (Wildman–Crippen MR) is 110 cm³/mol. The average molecular weight is 347 g/mol. The molecule has 2 aromatic carbocycles. The van der Waals surface area contributed by atoms with E-state index in [1.165, 1.54) is 42.8 Å². The van der Waals surface area contributed by atoms with E-state index in [1.807, 2.05) is 0 Å². The summed E-state index contributed by atoms with van der Waals surface area (Å²) in [5.74, 6) is 1.80. The van der Waals surface area contributed by atoms with Crippen LogP contribution in [0.2, 0.25) is 0 Å². The van der Waals surface area contributed by atoms with Gasteiger partial charge >= 0.3 is 0 Å². The number of fused-ring (bicyclic) bond motifs is 3. The number of nitrogens with zero attached hydrogens (tertiary/aromatic N) is 2. The van der Waals surface area contributed by atoms with Crippen LogP contribution < -0.4 is 0 Å². The summed E-state index contributed by atoms with van der Waals surface area (Å²) in [5, 5.41) is 0. The highest BCUT2D eigenvalue weighted by Crippen LogP contribution is 2.40. The van der Waals surface area contributed by atoms with Crippen LogP contribution in [0.15, 0.2) is 65.7 Å². The molecule has 2 aromatic rings. The number of aliphatic imine (C=N–C) groups is 1. The monoisotopic (exact) mass is 346 g/mol. The Morgan fingerprint density at radius 2 is 1.54 bits per heavy atom. The van der Waals surface area contributed by atoms with Gasteiger partial charge in [0.1, 0.15) is 0 Å². The molecule has 0 aliphatic carbocycles. The molecule has 2 bridgehead atoms. The molecule has 136 valence electrons. The zero-order valence-corrected chi connectivity index (χ0v) is 16.0. The standard InChI is InChI=1S/C24H30N2/c1-18(2)22(20-11-7-4-8-12-20)24-23(21-13-15-26(24)16-14-21)25-17-19-9-5-3-6-10-19/h3-12,18,21-22,24H,13-17H2,1-2H3. The number of benzene rings is 2. The number of hydrogen-bond donors (Lipinski definition) is 0. The molecule has 3 aliphatic rings. The maximum atomic E-state index is 5.22. The third kappa shape index (κ3) is 3.48. The van der Waals surface area contributed by atoms with Crippen molar-refractivity contribution in [2.45, 2.75) is 45.2 Å². The summed E-state index contributed by atoms with van der Waals surface area (Å²) in [5.41, 5.74) is 4.25. The van der Waals surface area contributed by atoms with Crippen molar-refractivity contribution in [2.75, 3.05) is 13.1 Å². The van der Waals surface area contributed by atoms with Crippen molar-refractivity contribution < 1.29 is 0 Å². The highest BCUT2D eigenvalue weighted by atomic mass is 15.2. The minimum Gasteiger partial charge on any atom is -0.294 e. The molecule has 2 heteroatoms. The van der Waals surface area contributed by atoms with E-state index in [9.17, 15) is 0 Å². The maximum Gasteiger partial charge on any atom is 0.0639 e. The lowest BCUT2D eigenvalue weighted by atomic mass is 9.71. The molecule has 2 atom stereocenters. The van der Waals surface area contributed by atoms with Crippen LogP contribution in [-0.2, 0) is 6.54 Å². The van der Waals surface area contributed by atoms with Crippen LogP contribution in [-0.4, -0.2) is 29.7 Å². The first-order valence-electron chi connectivity index (χ1n) is 10.1. The van der Waals surface area contributed by atoms with Crippen LogP contribution >= 0.6 is 0 Å². The van der Waals surface area contributed by atoms with E-state index in [1.54, 1.807) is 0 Å². The van der Waals surface area contributed by atoms with Crippen molar-refractivity contribution in [1.29, 1.82) is 0 Å². The molecular formula is C24H30N2. The minimum atomic E-state index is 0.466. The Bertz CT molecular complexity index is 727. The summed E-state index contributed by atoms with van der Waals surface area (Å²) in [4.78, 5) is 7.93. The lowest BCUT2D eigenvalue weighted by Gasteiger charge is -2.50. The molecule has 3 aliphatic heterocycles. The van der Waals surface area contributed by atoms with E-state index in [2.05, 4.69) is 79.4 Å². The van der Waals surface area contributed by atoms with Gasteiger partial charge in [0.05, 0.1) is 12.6 Å². The van der Waals surface area contributed by atoms with Crippen molar-refractivity contribution in [2.24, 2.45) is 16.8 Å². The van der Waals surface area contributed by atoms with E-state index in [0.29, 0.717) is 23.8 Å². The third-order valence-corrected chi connectivity index (χ3v) is 6.17. The number of piperidine rings is 3. The second kappa shape index (κ2) is 7.75. The summed E-state index contributed by atoms with van der Waals surface area (Å²) in [6.45, 7) is 8.02. The second-order valence-electron chi connectivity index (χ2n) is 8.16. The maximum absolute atomic E-state index is 5.22. The van der Waals surface area contributed by atoms with Gasteiger partial charge < -0.3 is 0 Å². The molecule has 0 amide bonds. The highest BCUT2D eigenvalue weighted by molar-refractivity contribution is 5.94. The van der Waals surface area contributed by atoms with Crippen LogP contribution in [0.5, 0.6) is 0 Å². The first kappa shape index (κ1) is 17.5. The van der Waals surface area contributed by atoms with Crippen molar-refractivity contribution in [1.82, 2.24) is 4.90 Å². The number of hydrogen-bond acceptors (Lipinski definition) is 2. The van der Waals surface area contributed by atoms with E-state index < -0.39 is 0 Å². The Morgan fingerprint density at radius 3 is 2.15 bits per heavy atom. The Balaban J connectivity index is 1.68. The van der Waals surface area contributed by atoms with Crippen molar-refractivity contribution in [3.8, 4) is 0 Å². The van der Waals surface area contributed by atoms with Crippen molar-refractivity contribution in [3.63, 3.8) is 0 Å². The van der Waals surface area contributed by atoms with Gasteiger partial charge in [0.15, 0.2) is 0 Å². The van der Waals surface area contributed by atoms with Gasteiger partial charge in [-0.05, 0) is 43.0 Å². The van der Waals surface area contributed by atoms with Gasteiger partial charge in [-0.3, -0.25) is 9.89 Å². The third-order valence-electron chi connectivity index (χ3n) is 6.17. The van der Waals surface area contributed by atoms with E-state index in [0.717, 1.165) is 6.54 Å². The van der Waals surface area contributed by atoms with Crippen molar-refractivity contribution in [3.05, 3.63) is 71.8 Å². The van der Waals surface area contributed by atoms with Gasteiger partial charge in [0.25, 0.3) is 0 Å². The largest absolute Gasteiger partial charge is 0.294 e. The fourth-order valence-electron chi connectivity index (χ4n) is 4.91. The van der Waals surface area contributed by atoms with Crippen LogP contribution in [0.3, 0.4) is 0 Å². The van der Waals surface area contributed by atoms with Crippen molar-refractivity contribution >= 4 is 5.71 Å². The highest BCUT2D eigenvalue weighted by Gasteiger charge is 2.44. The Labute approximate surface area is 158 Å². The first-order valence-corrected chi connectivity index (χ1v) is 10.1. The average Bonchev–Trinajstić information content (AvgIpc) is 2.69. The smallest absolute Gasteiger partial charge is 0.0639 e. The Hall–Kier alpha value is -1.93. The fourth-order valence-corrected chi connectivity index (χ4v) is 4.91. The molecule has 0 N–H and O–H groups in total. The molecule has 2 nitrogen and oxygen atoms in total. The van der Waals surface area contributed by atoms with Crippen LogP contribution in [0.4, 0.5) is 0 Å². The van der Waals surface area contributed by atoms with E-state index in [4.69, 9.17) is 4.99 Å². The van der Waals surface area contributed by atoms with Gasteiger partial charge in [-0.1, -0.05) is 74.5 Å². The molecule has 3 saturated heterocycles. The molecule has 0 spiro atoms. The normalized spacial score (nSPS) is 27.8. The van der Waals surface area contributed by atoms with Crippen LogP contribution in [0.25, 0.3) is 0 Å². The van der Waals surface area contributed by atoms with Crippen LogP contribution in [0, 0.1) is 11.8 Å². The molecule has 0 radical (unpaired) electrons. The Kier molecular flexibility index (Phi) is 5.21. The summed E-state index contributed by atoms with van der Waals surface area (Å²) in [6, 6.07) is 22.3. The molecule has 26 heavy (non-hydrogen) atoms. The van der Waals surface area contributed by atoms with Gasteiger partial charge in [0, 0.05) is 17.5 Å². The molecule has 0 aromatic heterocycles.